The van der Waals surface area contributed by atoms with Gasteiger partial charge in [-0.2, -0.15) is 0 Å². The van der Waals surface area contributed by atoms with E-state index in [9.17, 15) is 5.11 Å². The van der Waals surface area contributed by atoms with Crippen molar-refractivity contribution in [1.29, 1.82) is 0 Å². The van der Waals surface area contributed by atoms with E-state index in [2.05, 4.69) is 152 Å². The molecular weight excluding hydrogens is 677 g/mol. The van der Waals surface area contributed by atoms with Crippen molar-refractivity contribution >= 4 is 46.4 Å². The summed E-state index contributed by atoms with van der Waals surface area (Å²) in [4.78, 5) is 18.4. The van der Waals surface area contributed by atoms with Gasteiger partial charge in [0.05, 0.1) is 29.4 Å². The van der Waals surface area contributed by atoms with Crippen LogP contribution in [0.4, 0.5) is 0 Å². The fourth-order valence-corrected chi connectivity index (χ4v) is 7.52. The highest BCUT2D eigenvalue weighted by molar-refractivity contribution is 6.00. The van der Waals surface area contributed by atoms with Gasteiger partial charge in [0.15, 0.2) is 11.5 Å². The summed E-state index contributed by atoms with van der Waals surface area (Å²) in [6, 6.07) is 39.9. The van der Waals surface area contributed by atoms with Crippen LogP contribution in [0.25, 0.3) is 90.9 Å². The van der Waals surface area contributed by atoms with E-state index in [4.69, 9.17) is 14.7 Å². The molecule has 0 atom stereocenters. The Morgan fingerprint density at radius 1 is 0.455 bits per heavy atom. The molecule has 4 aromatic carbocycles. The zero-order valence-corrected chi connectivity index (χ0v) is 31.2. The van der Waals surface area contributed by atoms with E-state index < -0.39 is 0 Å². The summed E-state index contributed by atoms with van der Waals surface area (Å²) in [5.74, 6) is 0.514. The molecule has 268 valence electrons. The summed E-state index contributed by atoms with van der Waals surface area (Å²) in [5.41, 5.74) is 18.6. The van der Waals surface area contributed by atoms with Crippen LogP contribution in [0, 0.1) is 20.8 Å². The fraction of sp³-hybridized carbons (Fsp3) is 0.102. The number of H-pyrrole nitrogens is 2. The molecule has 3 aromatic heterocycles. The maximum atomic E-state index is 10.7. The van der Waals surface area contributed by atoms with E-state index in [0.29, 0.717) is 12.4 Å². The Kier molecular flexibility index (Phi) is 8.51. The van der Waals surface area contributed by atoms with Gasteiger partial charge in [0.2, 0.25) is 0 Å². The molecule has 6 heteroatoms. The van der Waals surface area contributed by atoms with Crippen LogP contribution in [0.3, 0.4) is 0 Å². The van der Waals surface area contributed by atoms with Crippen LogP contribution in [0.15, 0.2) is 115 Å². The molecule has 0 amide bonds. The van der Waals surface area contributed by atoms with Gasteiger partial charge in [0.1, 0.15) is 0 Å². The third-order valence-electron chi connectivity index (χ3n) is 10.3. The van der Waals surface area contributed by atoms with Crippen molar-refractivity contribution < 1.29 is 9.84 Å². The predicted molar refractivity (Wildman–Crippen MR) is 228 cm³/mol. The topological polar surface area (TPSA) is 86.8 Å². The number of aromatic hydroxyl groups is 1. The summed E-state index contributed by atoms with van der Waals surface area (Å²) in [5, 5.41) is 10.7. The number of benzene rings is 4. The lowest BCUT2D eigenvalue weighted by molar-refractivity contribution is 0.318. The molecule has 0 saturated heterocycles. The number of nitrogens with zero attached hydrogens (tertiary/aromatic N) is 2. The number of phenolic OH excluding ortho intramolecular Hbond substituents is 1. The first-order valence-electron chi connectivity index (χ1n) is 18.7. The number of aromatic nitrogens is 4. The summed E-state index contributed by atoms with van der Waals surface area (Å²) in [6.07, 6.45) is 8.41. The largest absolute Gasteiger partial charge is 0.504 e. The molecule has 2 aliphatic rings. The lowest BCUT2D eigenvalue weighted by atomic mass is 10.0. The monoisotopic (exact) mass is 716 g/mol. The molecule has 3 N–H and O–H groups in total. The highest BCUT2D eigenvalue weighted by Crippen LogP contribution is 2.40. The minimum Gasteiger partial charge on any atom is -0.504 e. The van der Waals surface area contributed by atoms with Crippen molar-refractivity contribution in [3.8, 4) is 56.0 Å². The molecule has 0 unspecified atom stereocenters. The van der Waals surface area contributed by atoms with Crippen LogP contribution in [-0.2, 0) is 0 Å². The third-order valence-corrected chi connectivity index (χ3v) is 10.3. The second-order valence-corrected chi connectivity index (χ2v) is 14.2. The predicted octanol–water partition coefficient (Wildman–Crippen LogP) is 12.4. The van der Waals surface area contributed by atoms with Gasteiger partial charge in [0.25, 0.3) is 0 Å². The second-order valence-electron chi connectivity index (χ2n) is 14.2. The maximum Gasteiger partial charge on any atom is 0.161 e. The molecule has 9 rings (SSSR count). The molecule has 7 aromatic rings. The highest BCUT2D eigenvalue weighted by Gasteiger charge is 2.19. The van der Waals surface area contributed by atoms with E-state index in [1.54, 1.807) is 6.07 Å². The summed E-state index contributed by atoms with van der Waals surface area (Å²) in [7, 11) is 0. The van der Waals surface area contributed by atoms with E-state index in [0.717, 1.165) is 89.4 Å². The SMILES string of the molecule is CCOc1cc(-c2c3nc(c(-c4ccc(C)cc4)c4ccc([nH]4)c(-c4ccc(C)cc4)c4nc(c(-c5ccc(C)cc5)c5ccc2[nH]5)C=C4)C=C3)ccc1O. The Morgan fingerprint density at radius 3 is 1.13 bits per heavy atom. The molecule has 5 heterocycles. The number of hydrogen-bond donors (Lipinski definition) is 3. The van der Waals surface area contributed by atoms with E-state index in [-0.39, 0.29) is 5.75 Å². The number of fused-ring (bicyclic) bond motifs is 8. The van der Waals surface area contributed by atoms with Crippen molar-refractivity contribution in [1.82, 2.24) is 19.9 Å². The van der Waals surface area contributed by atoms with Crippen LogP contribution >= 0.6 is 0 Å². The van der Waals surface area contributed by atoms with Crippen molar-refractivity contribution in [2.45, 2.75) is 27.7 Å². The van der Waals surface area contributed by atoms with Gasteiger partial charge in [0, 0.05) is 44.3 Å². The summed E-state index contributed by atoms with van der Waals surface area (Å²) in [6.45, 7) is 8.65. The first kappa shape index (κ1) is 33.9. The fourth-order valence-electron chi connectivity index (χ4n) is 7.52. The van der Waals surface area contributed by atoms with Gasteiger partial charge in [-0.05, 0) is 111 Å². The number of aryl methyl sites for hydroxylation is 3. The Hall–Kier alpha value is -6.92. The Labute approximate surface area is 320 Å². The number of hydrogen-bond acceptors (Lipinski definition) is 4. The van der Waals surface area contributed by atoms with Crippen LogP contribution in [0.2, 0.25) is 0 Å². The van der Waals surface area contributed by atoms with Crippen molar-refractivity contribution in [3.05, 3.63) is 155 Å². The third kappa shape index (κ3) is 6.32. The minimum atomic E-state index is 0.0927. The van der Waals surface area contributed by atoms with Gasteiger partial charge in [-0.25, -0.2) is 9.97 Å². The highest BCUT2D eigenvalue weighted by atomic mass is 16.5. The standard InChI is InChI=1S/C49H40N4O2/c1-5-55-45-28-35(18-27-44(45)54)49-42-25-23-40(52-42)47(33-14-8-30(3)9-15-33)38-21-19-36(50-38)46(32-12-6-29(2)7-13-32)37-20-22-39(51-37)48(41-24-26-43(49)53-41)34-16-10-31(4)11-17-34/h6-28,50,53-54H,5H2,1-4H3. The lowest BCUT2D eigenvalue weighted by Gasteiger charge is -2.10. The first-order chi connectivity index (χ1) is 26.8. The number of aromatic amines is 2. The van der Waals surface area contributed by atoms with Gasteiger partial charge in [-0.3, -0.25) is 0 Å². The van der Waals surface area contributed by atoms with E-state index in [1.807, 2.05) is 19.1 Å². The molecule has 8 bridgehead atoms. The van der Waals surface area contributed by atoms with Gasteiger partial charge in [-0.1, -0.05) is 95.6 Å². The molecule has 0 fully saturated rings. The maximum absolute atomic E-state index is 10.7. The molecular formula is C49H40N4O2. The number of nitrogens with one attached hydrogen (secondary N) is 2. The molecule has 0 aliphatic carbocycles. The number of ether oxygens (including phenoxy) is 1. The normalized spacial score (nSPS) is 12.0. The first-order valence-corrected chi connectivity index (χ1v) is 18.7. The Balaban J connectivity index is 1.46. The quantitative estimate of drug-likeness (QED) is 0.160. The Bertz CT molecular complexity index is 2790. The van der Waals surface area contributed by atoms with Gasteiger partial charge >= 0.3 is 0 Å². The van der Waals surface area contributed by atoms with Crippen LogP contribution in [0.1, 0.15) is 46.4 Å². The smallest absolute Gasteiger partial charge is 0.161 e. The van der Waals surface area contributed by atoms with E-state index >= 15 is 0 Å². The van der Waals surface area contributed by atoms with Crippen LogP contribution in [-0.4, -0.2) is 31.6 Å². The zero-order chi connectivity index (χ0) is 37.6. The molecule has 0 spiro atoms. The lowest BCUT2D eigenvalue weighted by Crippen LogP contribution is -1.93. The molecule has 0 radical (unpaired) electrons. The summed E-state index contributed by atoms with van der Waals surface area (Å²) >= 11 is 0. The van der Waals surface area contributed by atoms with Crippen molar-refractivity contribution in [2.75, 3.05) is 6.61 Å². The van der Waals surface area contributed by atoms with Crippen LogP contribution in [0.5, 0.6) is 11.5 Å². The minimum absolute atomic E-state index is 0.0927. The van der Waals surface area contributed by atoms with Gasteiger partial charge in [-0.15, -0.1) is 0 Å². The van der Waals surface area contributed by atoms with Crippen molar-refractivity contribution in [3.63, 3.8) is 0 Å². The Morgan fingerprint density at radius 2 is 0.782 bits per heavy atom. The van der Waals surface area contributed by atoms with Gasteiger partial charge < -0.3 is 19.8 Å². The average Bonchev–Trinajstić information content (AvgIpc) is 4.03. The number of rotatable bonds is 6. The summed E-state index contributed by atoms with van der Waals surface area (Å²) < 4.78 is 5.87. The molecule has 2 aliphatic heterocycles. The van der Waals surface area contributed by atoms with E-state index in [1.165, 1.54) is 16.7 Å². The zero-order valence-electron chi connectivity index (χ0n) is 31.2. The number of phenols is 1. The van der Waals surface area contributed by atoms with Crippen LogP contribution < -0.4 is 4.74 Å². The average molecular weight is 717 g/mol. The molecule has 6 nitrogen and oxygen atoms in total. The second kappa shape index (κ2) is 13.8. The van der Waals surface area contributed by atoms with Crippen molar-refractivity contribution in [2.24, 2.45) is 0 Å². The molecule has 55 heavy (non-hydrogen) atoms. The molecule has 0 saturated carbocycles.